The quantitative estimate of drug-likeness (QED) is 0.679. The van der Waals surface area contributed by atoms with Crippen molar-refractivity contribution in [2.75, 3.05) is 6.61 Å². The molecule has 0 fully saturated rings. The van der Waals surface area contributed by atoms with Crippen molar-refractivity contribution in [2.45, 2.75) is 19.3 Å². The molecule has 0 radical (unpaired) electrons. The highest BCUT2D eigenvalue weighted by Crippen LogP contribution is 2.10. The third kappa shape index (κ3) is 3.05. The summed E-state index contributed by atoms with van der Waals surface area (Å²) in [6, 6.07) is 3.90. The van der Waals surface area contributed by atoms with E-state index in [1.165, 1.54) is 17.9 Å². The Balaban J connectivity index is 1.75. The predicted octanol–water partition coefficient (Wildman–Crippen LogP) is 0.0729. The Kier molecular flexibility index (Phi) is 4.65. The number of aliphatic hydroxyl groups excluding tert-OH is 1. The highest BCUT2D eigenvalue weighted by molar-refractivity contribution is 7.09. The van der Waals surface area contributed by atoms with Crippen LogP contribution in [0.1, 0.15) is 4.88 Å². The summed E-state index contributed by atoms with van der Waals surface area (Å²) in [6.45, 7) is 0.744. The standard InChI is InChI=1S/C15H18N4O4S/c1-17-13-12(14(21)18(2)15(17)22)19(9-16-13)6-10(20)7-23-8-11-4-3-5-24-11/h3-5,9-10,20H,6-8H2,1-2H3. The third-order valence-corrected chi connectivity index (χ3v) is 4.61. The number of hydrogen-bond donors (Lipinski definition) is 1. The van der Waals surface area contributed by atoms with E-state index in [0.717, 1.165) is 9.44 Å². The zero-order chi connectivity index (χ0) is 17.3. The second-order valence-corrected chi connectivity index (χ2v) is 6.56. The molecule has 9 heteroatoms. The maximum Gasteiger partial charge on any atom is 0.332 e. The van der Waals surface area contributed by atoms with Crippen molar-refractivity contribution in [3.63, 3.8) is 0 Å². The third-order valence-electron chi connectivity index (χ3n) is 3.76. The summed E-state index contributed by atoms with van der Waals surface area (Å²) < 4.78 is 9.38. The number of ether oxygens (including phenoxy) is 1. The monoisotopic (exact) mass is 350 g/mol. The van der Waals surface area contributed by atoms with Gasteiger partial charge in [-0.1, -0.05) is 6.07 Å². The molecule has 8 nitrogen and oxygen atoms in total. The Morgan fingerprint density at radius 1 is 1.33 bits per heavy atom. The highest BCUT2D eigenvalue weighted by atomic mass is 32.1. The van der Waals surface area contributed by atoms with Crippen LogP contribution in [0, 0.1) is 0 Å². The van der Waals surface area contributed by atoms with Crippen molar-refractivity contribution < 1.29 is 9.84 Å². The van der Waals surface area contributed by atoms with E-state index in [1.807, 2.05) is 17.5 Å². The van der Waals surface area contributed by atoms with E-state index < -0.39 is 17.4 Å². The lowest BCUT2D eigenvalue weighted by Gasteiger charge is -2.12. The molecule has 3 heterocycles. The second-order valence-electron chi connectivity index (χ2n) is 5.52. The molecule has 0 aliphatic heterocycles. The molecule has 0 saturated heterocycles. The summed E-state index contributed by atoms with van der Waals surface area (Å²) in [5, 5.41) is 12.1. The van der Waals surface area contributed by atoms with Gasteiger partial charge in [0, 0.05) is 19.0 Å². The number of nitrogens with zero attached hydrogens (tertiary/aromatic N) is 4. The number of thiophene rings is 1. The zero-order valence-electron chi connectivity index (χ0n) is 13.4. The summed E-state index contributed by atoms with van der Waals surface area (Å²) in [7, 11) is 2.98. The van der Waals surface area contributed by atoms with Crippen LogP contribution in [0.5, 0.6) is 0 Å². The Morgan fingerprint density at radius 2 is 2.12 bits per heavy atom. The molecule has 0 aromatic carbocycles. The van der Waals surface area contributed by atoms with E-state index >= 15 is 0 Å². The van der Waals surface area contributed by atoms with E-state index in [2.05, 4.69) is 4.98 Å². The normalized spacial score (nSPS) is 12.8. The van der Waals surface area contributed by atoms with Crippen LogP contribution in [-0.2, 0) is 32.0 Å². The maximum atomic E-state index is 12.3. The molecule has 0 aliphatic rings. The molecule has 1 atom stereocenters. The van der Waals surface area contributed by atoms with Gasteiger partial charge in [-0.2, -0.15) is 0 Å². The van der Waals surface area contributed by atoms with Gasteiger partial charge < -0.3 is 14.4 Å². The van der Waals surface area contributed by atoms with Gasteiger partial charge in [0.15, 0.2) is 11.2 Å². The first-order valence-corrected chi connectivity index (χ1v) is 8.26. The minimum absolute atomic E-state index is 0.143. The summed E-state index contributed by atoms with van der Waals surface area (Å²) >= 11 is 1.59. The molecule has 0 bridgehead atoms. The van der Waals surface area contributed by atoms with E-state index in [4.69, 9.17) is 4.74 Å². The Morgan fingerprint density at radius 3 is 2.83 bits per heavy atom. The minimum atomic E-state index is -0.788. The first-order chi connectivity index (χ1) is 11.5. The molecule has 1 N–H and O–H groups in total. The molecule has 0 amide bonds. The van der Waals surface area contributed by atoms with Crippen LogP contribution in [0.25, 0.3) is 11.2 Å². The SMILES string of the molecule is Cn1c(=O)c2c(ncn2CC(O)COCc2cccs2)n(C)c1=O. The maximum absolute atomic E-state index is 12.3. The second kappa shape index (κ2) is 6.71. The van der Waals surface area contributed by atoms with Gasteiger partial charge in [0.2, 0.25) is 0 Å². The average Bonchev–Trinajstić information content (AvgIpc) is 3.21. The largest absolute Gasteiger partial charge is 0.389 e. The van der Waals surface area contributed by atoms with Crippen molar-refractivity contribution in [1.29, 1.82) is 0 Å². The van der Waals surface area contributed by atoms with Crippen LogP contribution in [0.4, 0.5) is 0 Å². The topological polar surface area (TPSA) is 91.3 Å². The van der Waals surface area contributed by atoms with Crippen LogP contribution in [0.15, 0.2) is 33.4 Å². The van der Waals surface area contributed by atoms with Gasteiger partial charge in [-0.3, -0.25) is 13.9 Å². The first-order valence-electron chi connectivity index (χ1n) is 7.38. The van der Waals surface area contributed by atoms with Gasteiger partial charge >= 0.3 is 5.69 Å². The number of aliphatic hydroxyl groups is 1. The number of rotatable bonds is 6. The van der Waals surface area contributed by atoms with E-state index in [1.54, 1.807) is 23.0 Å². The average molecular weight is 350 g/mol. The molecule has 3 aromatic rings. The Hall–Kier alpha value is -2.23. The van der Waals surface area contributed by atoms with Crippen molar-refractivity contribution in [3.8, 4) is 0 Å². The van der Waals surface area contributed by atoms with Crippen LogP contribution in [-0.4, -0.2) is 36.5 Å². The van der Waals surface area contributed by atoms with Crippen LogP contribution >= 0.6 is 11.3 Å². The highest BCUT2D eigenvalue weighted by Gasteiger charge is 2.16. The van der Waals surface area contributed by atoms with E-state index in [0.29, 0.717) is 12.3 Å². The van der Waals surface area contributed by atoms with Gasteiger partial charge in [0.05, 0.1) is 32.2 Å². The fraction of sp³-hybridized carbons (Fsp3) is 0.400. The molecule has 24 heavy (non-hydrogen) atoms. The van der Waals surface area contributed by atoms with Gasteiger partial charge in [-0.15, -0.1) is 11.3 Å². The lowest BCUT2D eigenvalue weighted by atomic mass is 10.3. The number of imidazole rings is 1. The number of fused-ring (bicyclic) bond motifs is 1. The molecule has 128 valence electrons. The predicted molar refractivity (Wildman–Crippen MR) is 90.2 cm³/mol. The molecule has 0 aliphatic carbocycles. The number of hydrogen-bond acceptors (Lipinski definition) is 6. The van der Waals surface area contributed by atoms with Crippen LogP contribution in [0.3, 0.4) is 0 Å². The lowest BCUT2D eigenvalue weighted by Crippen LogP contribution is -2.38. The van der Waals surface area contributed by atoms with Gasteiger partial charge in [0.25, 0.3) is 5.56 Å². The van der Waals surface area contributed by atoms with Crippen molar-refractivity contribution in [2.24, 2.45) is 14.1 Å². The Labute approximate surface area is 141 Å². The van der Waals surface area contributed by atoms with Gasteiger partial charge in [0.1, 0.15) is 0 Å². The smallest absolute Gasteiger partial charge is 0.332 e. The van der Waals surface area contributed by atoms with Crippen molar-refractivity contribution in [3.05, 3.63) is 49.6 Å². The molecule has 0 saturated carbocycles. The minimum Gasteiger partial charge on any atom is -0.389 e. The fourth-order valence-electron chi connectivity index (χ4n) is 2.51. The van der Waals surface area contributed by atoms with Crippen LogP contribution < -0.4 is 11.2 Å². The molecule has 0 spiro atoms. The van der Waals surface area contributed by atoms with E-state index in [-0.39, 0.29) is 18.7 Å². The molecule has 3 aromatic heterocycles. The molecule has 3 rings (SSSR count). The molecular formula is C15H18N4O4S. The summed E-state index contributed by atoms with van der Waals surface area (Å²) in [6.07, 6.45) is 0.665. The molecular weight excluding hydrogens is 332 g/mol. The summed E-state index contributed by atoms with van der Waals surface area (Å²) in [4.78, 5) is 29.4. The molecule has 1 unspecified atom stereocenters. The Bertz CT molecular complexity index is 954. The number of aromatic nitrogens is 4. The number of aryl methyl sites for hydroxylation is 1. The van der Waals surface area contributed by atoms with Crippen LogP contribution in [0.2, 0.25) is 0 Å². The first kappa shape index (κ1) is 16.6. The fourth-order valence-corrected chi connectivity index (χ4v) is 3.15. The van der Waals surface area contributed by atoms with Gasteiger partial charge in [-0.05, 0) is 11.4 Å². The van der Waals surface area contributed by atoms with Crippen molar-refractivity contribution >= 4 is 22.5 Å². The summed E-state index contributed by atoms with van der Waals surface area (Å²) in [5.41, 5.74) is -0.276. The van der Waals surface area contributed by atoms with Gasteiger partial charge in [-0.25, -0.2) is 9.78 Å². The summed E-state index contributed by atoms with van der Waals surface area (Å²) in [5.74, 6) is 0. The zero-order valence-corrected chi connectivity index (χ0v) is 14.2. The lowest BCUT2D eigenvalue weighted by molar-refractivity contribution is 0.0218. The van der Waals surface area contributed by atoms with E-state index in [9.17, 15) is 14.7 Å². The van der Waals surface area contributed by atoms with Crippen molar-refractivity contribution in [1.82, 2.24) is 18.7 Å².